The third-order valence-corrected chi connectivity index (χ3v) is 4.06. The van der Waals surface area contributed by atoms with Crippen LogP contribution in [0.25, 0.3) is 0 Å². The lowest BCUT2D eigenvalue weighted by Crippen LogP contribution is -2.42. The van der Waals surface area contributed by atoms with E-state index in [-0.39, 0.29) is 23.7 Å². The molecule has 1 aliphatic heterocycles. The highest BCUT2D eigenvalue weighted by molar-refractivity contribution is 5.93. The van der Waals surface area contributed by atoms with Crippen LogP contribution >= 0.6 is 0 Å². The van der Waals surface area contributed by atoms with Crippen LogP contribution in [0.1, 0.15) is 31.2 Å². The van der Waals surface area contributed by atoms with Crippen molar-refractivity contribution in [3.8, 4) is 0 Å². The van der Waals surface area contributed by atoms with E-state index in [0.717, 1.165) is 18.4 Å². The van der Waals surface area contributed by atoms with Crippen LogP contribution in [-0.2, 0) is 16.1 Å². The summed E-state index contributed by atoms with van der Waals surface area (Å²) < 4.78 is 0. The van der Waals surface area contributed by atoms with Gasteiger partial charge in [-0.15, -0.1) is 0 Å². The van der Waals surface area contributed by atoms with Crippen molar-refractivity contribution in [2.75, 3.05) is 0 Å². The molecule has 0 aromatic heterocycles. The van der Waals surface area contributed by atoms with Gasteiger partial charge in [-0.1, -0.05) is 30.3 Å². The Kier molecular flexibility index (Phi) is 2.90. The smallest absolute Gasteiger partial charge is 0.223 e. The second kappa shape index (κ2) is 4.56. The molecule has 0 unspecified atom stereocenters. The molecule has 2 fully saturated rings. The molecular weight excluding hydrogens is 226 g/mol. The molecule has 2 aliphatic rings. The summed E-state index contributed by atoms with van der Waals surface area (Å²) in [5.41, 5.74) is 1.10. The van der Waals surface area contributed by atoms with Crippen molar-refractivity contribution >= 4 is 11.7 Å². The van der Waals surface area contributed by atoms with Gasteiger partial charge in [-0.05, 0) is 24.3 Å². The summed E-state index contributed by atoms with van der Waals surface area (Å²) in [6.07, 6.45) is 3.17. The summed E-state index contributed by atoms with van der Waals surface area (Å²) in [6, 6.07) is 9.77. The molecule has 1 aromatic carbocycles. The molecule has 0 bridgehead atoms. The minimum Gasteiger partial charge on any atom is -0.328 e. The summed E-state index contributed by atoms with van der Waals surface area (Å²) in [4.78, 5) is 25.9. The van der Waals surface area contributed by atoms with Crippen molar-refractivity contribution in [2.45, 2.75) is 38.3 Å². The maximum atomic E-state index is 12.1. The molecule has 1 aromatic rings. The van der Waals surface area contributed by atoms with Crippen LogP contribution in [0.5, 0.6) is 0 Å². The van der Waals surface area contributed by atoms with Crippen molar-refractivity contribution in [3.05, 3.63) is 35.9 Å². The number of likely N-dealkylation sites (tertiary alicyclic amines) is 1. The molecule has 94 valence electrons. The molecule has 3 rings (SSSR count). The Morgan fingerprint density at radius 1 is 1.17 bits per heavy atom. The van der Waals surface area contributed by atoms with E-state index < -0.39 is 0 Å². The van der Waals surface area contributed by atoms with Gasteiger partial charge in [-0.3, -0.25) is 9.59 Å². The Labute approximate surface area is 107 Å². The second-order valence-corrected chi connectivity index (χ2v) is 5.27. The molecule has 0 radical (unpaired) electrons. The van der Waals surface area contributed by atoms with E-state index in [9.17, 15) is 9.59 Å². The fraction of sp³-hybridized carbons (Fsp3) is 0.467. The lowest BCUT2D eigenvalue weighted by Gasteiger charge is -2.30. The fourth-order valence-corrected chi connectivity index (χ4v) is 3.21. The number of benzene rings is 1. The number of hydrogen-bond acceptors (Lipinski definition) is 2. The third-order valence-electron chi connectivity index (χ3n) is 4.06. The average Bonchev–Trinajstić information content (AvgIpc) is 2.69. The van der Waals surface area contributed by atoms with Crippen molar-refractivity contribution in [2.24, 2.45) is 5.92 Å². The first-order valence-corrected chi connectivity index (χ1v) is 6.62. The van der Waals surface area contributed by atoms with Crippen LogP contribution in [0.3, 0.4) is 0 Å². The highest BCUT2D eigenvalue weighted by Crippen LogP contribution is 2.35. The van der Waals surface area contributed by atoms with Crippen molar-refractivity contribution in [3.63, 3.8) is 0 Å². The van der Waals surface area contributed by atoms with E-state index in [2.05, 4.69) is 0 Å². The minimum atomic E-state index is -0.147. The van der Waals surface area contributed by atoms with Crippen LogP contribution in [0, 0.1) is 5.92 Å². The van der Waals surface area contributed by atoms with Gasteiger partial charge in [0.2, 0.25) is 5.91 Å². The maximum absolute atomic E-state index is 12.1. The fourth-order valence-electron chi connectivity index (χ4n) is 3.21. The Hall–Kier alpha value is -1.64. The second-order valence-electron chi connectivity index (χ2n) is 5.27. The zero-order valence-electron chi connectivity index (χ0n) is 10.3. The van der Waals surface area contributed by atoms with Gasteiger partial charge in [0.15, 0.2) is 5.78 Å². The zero-order valence-corrected chi connectivity index (χ0v) is 10.3. The number of fused-ring (bicyclic) bond motifs is 1. The van der Waals surface area contributed by atoms with Gasteiger partial charge < -0.3 is 4.90 Å². The normalized spacial score (nSPS) is 27.4. The number of Topliss-reactive ketones (excluding diaryl/α,β-unsaturated/α-hetero) is 1. The number of amides is 1. The molecule has 1 aliphatic carbocycles. The molecule has 0 spiro atoms. The van der Waals surface area contributed by atoms with E-state index in [1.165, 1.54) is 0 Å². The van der Waals surface area contributed by atoms with Crippen molar-refractivity contribution < 1.29 is 9.59 Å². The van der Waals surface area contributed by atoms with Crippen molar-refractivity contribution in [1.82, 2.24) is 4.90 Å². The minimum absolute atomic E-state index is 0.143. The number of carbonyl (C=O) groups is 2. The van der Waals surface area contributed by atoms with Gasteiger partial charge in [-0.25, -0.2) is 0 Å². The number of hydrogen-bond donors (Lipinski definition) is 0. The maximum Gasteiger partial charge on any atom is 0.223 e. The molecule has 1 saturated heterocycles. The number of carbonyl (C=O) groups excluding carboxylic acids is 2. The Bertz CT molecular complexity index is 469. The van der Waals surface area contributed by atoms with Gasteiger partial charge >= 0.3 is 0 Å². The number of rotatable bonds is 2. The van der Waals surface area contributed by atoms with E-state index in [1.54, 1.807) is 4.90 Å². The van der Waals surface area contributed by atoms with Crippen LogP contribution in [-0.4, -0.2) is 22.6 Å². The highest BCUT2D eigenvalue weighted by atomic mass is 16.2. The third kappa shape index (κ3) is 1.94. The first kappa shape index (κ1) is 11.5. The summed E-state index contributed by atoms with van der Waals surface area (Å²) >= 11 is 0. The molecule has 18 heavy (non-hydrogen) atoms. The van der Waals surface area contributed by atoms with Crippen LogP contribution < -0.4 is 0 Å². The Morgan fingerprint density at radius 3 is 2.72 bits per heavy atom. The standard InChI is InChI=1S/C15H17NO2/c17-13-8-4-7-12-9-14(18)16(15(12)13)10-11-5-2-1-3-6-11/h1-3,5-6,12,15H,4,7-10H2/t12-,15+/m0/s1. The molecule has 3 nitrogen and oxygen atoms in total. The summed E-state index contributed by atoms with van der Waals surface area (Å²) in [5.74, 6) is 0.666. The summed E-state index contributed by atoms with van der Waals surface area (Å²) in [5, 5.41) is 0. The zero-order chi connectivity index (χ0) is 12.5. The Morgan fingerprint density at radius 2 is 1.94 bits per heavy atom. The van der Waals surface area contributed by atoms with Gasteiger partial charge in [0.1, 0.15) is 0 Å². The Balaban J connectivity index is 1.82. The number of ketones is 1. The monoisotopic (exact) mass is 243 g/mol. The van der Waals surface area contributed by atoms with Gasteiger partial charge in [-0.2, -0.15) is 0 Å². The molecule has 1 amide bonds. The number of nitrogens with zero attached hydrogens (tertiary/aromatic N) is 1. The SMILES string of the molecule is O=C1CCC[C@H]2CC(=O)N(Cc3ccccc3)[C@@H]12. The quantitative estimate of drug-likeness (QED) is 0.798. The van der Waals surface area contributed by atoms with Gasteiger partial charge in [0.05, 0.1) is 6.04 Å². The lowest BCUT2D eigenvalue weighted by molar-refractivity contribution is -0.135. The van der Waals surface area contributed by atoms with Crippen LogP contribution in [0.2, 0.25) is 0 Å². The predicted molar refractivity (Wildman–Crippen MR) is 67.7 cm³/mol. The molecule has 0 N–H and O–H groups in total. The topological polar surface area (TPSA) is 37.4 Å². The first-order chi connectivity index (χ1) is 8.75. The van der Waals surface area contributed by atoms with E-state index in [4.69, 9.17) is 0 Å². The van der Waals surface area contributed by atoms with Crippen LogP contribution in [0.4, 0.5) is 0 Å². The molecule has 1 heterocycles. The first-order valence-electron chi connectivity index (χ1n) is 6.62. The van der Waals surface area contributed by atoms with Crippen molar-refractivity contribution in [1.29, 1.82) is 0 Å². The summed E-state index contributed by atoms with van der Waals surface area (Å²) in [7, 11) is 0. The van der Waals surface area contributed by atoms with E-state index in [0.29, 0.717) is 19.4 Å². The lowest BCUT2D eigenvalue weighted by atomic mass is 9.84. The van der Waals surface area contributed by atoms with Crippen LogP contribution in [0.15, 0.2) is 30.3 Å². The van der Waals surface area contributed by atoms with Gasteiger partial charge in [0.25, 0.3) is 0 Å². The largest absolute Gasteiger partial charge is 0.328 e. The average molecular weight is 243 g/mol. The highest BCUT2D eigenvalue weighted by Gasteiger charge is 2.45. The molecule has 1 saturated carbocycles. The molecular formula is C15H17NO2. The predicted octanol–water partition coefficient (Wildman–Crippen LogP) is 2.16. The van der Waals surface area contributed by atoms with E-state index >= 15 is 0 Å². The summed E-state index contributed by atoms with van der Waals surface area (Å²) in [6.45, 7) is 0.576. The molecule has 3 heteroatoms. The molecule has 2 atom stereocenters. The van der Waals surface area contributed by atoms with Gasteiger partial charge in [0, 0.05) is 19.4 Å². The van der Waals surface area contributed by atoms with E-state index in [1.807, 2.05) is 30.3 Å².